The molecule has 2 heterocycles. The molecule has 29 heavy (non-hydrogen) atoms. The summed E-state index contributed by atoms with van der Waals surface area (Å²) in [5, 5.41) is 1.15. The van der Waals surface area contributed by atoms with Crippen LogP contribution in [-0.2, 0) is 6.54 Å². The Morgan fingerprint density at radius 2 is 2.17 bits per heavy atom. The van der Waals surface area contributed by atoms with Gasteiger partial charge in [0, 0.05) is 31.0 Å². The Kier molecular flexibility index (Phi) is 5.60. The molecule has 0 unspecified atom stereocenters. The van der Waals surface area contributed by atoms with Gasteiger partial charge in [-0.05, 0) is 43.2 Å². The molecule has 4 aromatic rings. The largest absolute Gasteiger partial charge is 0.337 e. The zero-order chi connectivity index (χ0) is 20.4. The van der Waals surface area contributed by atoms with Gasteiger partial charge in [-0.25, -0.2) is 14.4 Å². The van der Waals surface area contributed by atoms with Crippen LogP contribution in [-0.4, -0.2) is 27.0 Å². The fraction of sp³-hybridized carbons (Fsp3) is 0.190. The van der Waals surface area contributed by atoms with Crippen molar-refractivity contribution in [3.05, 3.63) is 77.1 Å². The molecule has 4 rings (SSSR count). The highest BCUT2D eigenvalue weighted by atomic mass is 35.5. The van der Waals surface area contributed by atoms with Crippen LogP contribution in [0.15, 0.2) is 55.1 Å². The molecule has 148 valence electrons. The molecule has 0 saturated carbocycles. The average molecular weight is 429 g/mol. The van der Waals surface area contributed by atoms with E-state index in [4.69, 9.17) is 11.6 Å². The summed E-state index contributed by atoms with van der Waals surface area (Å²) in [5.41, 5.74) is 2.06. The van der Waals surface area contributed by atoms with Crippen LogP contribution in [0.25, 0.3) is 10.2 Å². The number of aryl methyl sites for hydroxylation is 2. The molecule has 5 nitrogen and oxygen atoms in total. The molecular formula is C21H18ClFN4OS. The maximum Gasteiger partial charge on any atom is 0.260 e. The van der Waals surface area contributed by atoms with Crippen LogP contribution in [0.5, 0.6) is 0 Å². The molecule has 0 bridgehead atoms. The van der Waals surface area contributed by atoms with E-state index in [1.54, 1.807) is 23.5 Å². The standard InChI is InChI=1S/C21H18ClFN4OS/c1-14-6-7-17(22)19-18(14)25-21(29-19)27(10-3-9-26-11-8-24-13-26)20(28)15-4-2-5-16(23)12-15/h2,4-8,11-13H,3,9-10H2,1H3. The fourth-order valence-electron chi connectivity index (χ4n) is 3.10. The van der Waals surface area contributed by atoms with E-state index >= 15 is 0 Å². The lowest BCUT2D eigenvalue weighted by atomic mass is 10.2. The second-order valence-corrected chi connectivity index (χ2v) is 8.04. The second kappa shape index (κ2) is 8.31. The monoisotopic (exact) mass is 428 g/mol. The van der Waals surface area contributed by atoms with Gasteiger partial charge >= 0.3 is 0 Å². The number of thiazole rings is 1. The number of anilines is 1. The fourth-order valence-corrected chi connectivity index (χ4v) is 4.44. The first-order valence-corrected chi connectivity index (χ1v) is 10.3. The van der Waals surface area contributed by atoms with Gasteiger partial charge in [0.15, 0.2) is 5.13 Å². The maximum atomic E-state index is 13.7. The minimum Gasteiger partial charge on any atom is -0.337 e. The van der Waals surface area contributed by atoms with E-state index in [0.29, 0.717) is 29.7 Å². The predicted molar refractivity (Wildman–Crippen MR) is 114 cm³/mol. The van der Waals surface area contributed by atoms with E-state index < -0.39 is 5.82 Å². The van der Waals surface area contributed by atoms with Gasteiger partial charge in [-0.15, -0.1) is 0 Å². The number of fused-ring (bicyclic) bond motifs is 1. The summed E-state index contributed by atoms with van der Waals surface area (Å²) in [6.07, 6.45) is 6.02. The number of hydrogen-bond acceptors (Lipinski definition) is 4. The van der Waals surface area contributed by atoms with Crippen LogP contribution in [0.2, 0.25) is 5.02 Å². The van der Waals surface area contributed by atoms with Crippen molar-refractivity contribution < 1.29 is 9.18 Å². The van der Waals surface area contributed by atoms with E-state index in [1.165, 1.54) is 29.5 Å². The topological polar surface area (TPSA) is 51.0 Å². The van der Waals surface area contributed by atoms with E-state index in [1.807, 2.05) is 29.8 Å². The van der Waals surface area contributed by atoms with Crippen LogP contribution in [0.1, 0.15) is 22.3 Å². The minimum atomic E-state index is -0.447. The number of aromatic nitrogens is 3. The van der Waals surface area contributed by atoms with E-state index in [9.17, 15) is 9.18 Å². The first-order valence-electron chi connectivity index (χ1n) is 9.12. The Bertz CT molecular complexity index is 1120. The normalized spacial score (nSPS) is 11.1. The van der Waals surface area contributed by atoms with Crippen LogP contribution in [0.3, 0.4) is 0 Å². The van der Waals surface area contributed by atoms with Gasteiger partial charge in [0.05, 0.1) is 21.6 Å². The van der Waals surface area contributed by atoms with Crippen LogP contribution in [0, 0.1) is 12.7 Å². The molecular weight excluding hydrogens is 411 g/mol. The molecule has 0 saturated heterocycles. The highest BCUT2D eigenvalue weighted by Crippen LogP contribution is 2.36. The molecule has 0 fully saturated rings. The molecule has 0 radical (unpaired) electrons. The summed E-state index contributed by atoms with van der Waals surface area (Å²) in [5.74, 6) is -0.736. The average Bonchev–Trinajstić information content (AvgIpc) is 3.38. The van der Waals surface area contributed by atoms with Crippen LogP contribution >= 0.6 is 22.9 Å². The van der Waals surface area contributed by atoms with Gasteiger partial charge in [-0.2, -0.15) is 0 Å². The zero-order valence-corrected chi connectivity index (χ0v) is 17.3. The summed E-state index contributed by atoms with van der Waals surface area (Å²) in [6.45, 7) is 3.10. The number of halogens is 2. The van der Waals surface area contributed by atoms with Crippen molar-refractivity contribution in [1.82, 2.24) is 14.5 Å². The molecule has 8 heteroatoms. The van der Waals surface area contributed by atoms with Crippen molar-refractivity contribution >= 4 is 44.2 Å². The summed E-state index contributed by atoms with van der Waals surface area (Å²) < 4.78 is 16.5. The second-order valence-electron chi connectivity index (χ2n) is 6.66. The Morgan fingerprint density at radius 1 is 1.31 bits per heavy atom. The Labute approximate surface area is 176 Å². The molecule has 0 aliphatic rings. The van der Waals surface area contributed by atoms with Crippen molar-refractivity contribution in [2.24, 2.45) is 0 Å². The number of carbonyl (C=O) groups excluding carboxylic acids is 1. The third-order valence-electron chi connectivity index (χ3n) is 4.59. The van der Waals surface area contributed by atoms with E-state index in [0.717, 1.165) is 15.8 Å². The van der Waals surface area contributed by atoms with Crippen molar-refractivity contribution in [2.75, 3.05) is 11.4 Å². The van der Waals surface area contributed by atoms with Gasteiger partial charge in [-0.1, -0.05) is 35.1 Å². The van der Waals surface area contributed by atoms with E-state index in [2.05, 4.69) is 9.97 Å². The molecule has 2 aromatic carbocycles. The summed E-state index contributed by atoms with van der Waals surface area (Å²) in [4.78, 5) is 23.5. The number of hydrogen-bond donors (Lipinski definition) is 0. The molecule has 0 aliphatic carbocycles. The van der Waals surface area contributed by atoms with Crippen LogP contribution < -0.4 is 4.90 Å². The lowest BCUT2D eigenvalue weighted by Gasteiger charge is -2.20. The van der Waals surface area contributed by atoms with Gasteiger partial charge in [0.1, 0.15) is 5.82 Å². The van der Waals surface area contributed by atoms with Gasteiger partial charge in [-0.3, -0.25) is 9.69 Å². The minimum absolute atomic E-state index is 0.287. The van der Waals surface area contributed by atoms with Crippen molar-refractivity contribution in [2.45, 2.75) is 19.9 Å². The van der Waals surface area contributed by atoms with Crippen molar-refractivity contribution in [3.63, 3.8) is 0 Å². The first kappa shape index (κ1) is 19.5. The molecule has 0 spiro atoms. The Morgan fingerprint density at radius 3 is 2.90 bits per heavy atom. The number of imidazole rings is 1. The Balaban J connectivity index is 1.68. The number of rotatable bonds is 6. The molecule has 0 N–H and O–H groups in total. The summed E-state index contributed by atoms with van der Waals surface area (Å²) in [6, 6.07) is 9.45. The summed E-state index contributed by atoms with van der Waals surface area (Å²) >= 11 is 7.71. The van der Waals surface area contributed by atoms with Crippen LogP contribution in [0.4, 0.5) is 9.52 Å². The smallest absolute Gasteiger partial charge is 0.260 e. The van der Waals surface area contributed by atoms with Crippen molar-refractivity contribution in [1.29, 1.82) is 0 Å². The van der Waals surface area contributed by atoms with E-state index in [-0.39, 0.29) is 11.5 Å². The molecule has 1 amide bonds. The summed E-state index contributed by atoms with van der Waals surface area (Å²) in [7, 11) is 0. The zero-order valence-electron chi connectivity index (χ0n) is 15.7. The number of carbonyl (C=O) groups is 1. The first-order chi connectivity index (χ1) is 14.0. The SMILES string of the molecule is Cc1ccc(Cl)c2sc(N(CCCn3ccnc3)C(=O)c3cccc(F)c3)nc12. The highest BCUT2D eigenvalue weighted by molar-refractivity contribution is 7.23. The van der Waals surface area contributed by atoms with Crippen molar-refractivity contribution in [3.8, 4) is 0 Å². The van der Waals surface area contributed by atoms with Gasteiger partial charge in [0.2, 0.25) is 0 Å². The highest BCUT2D eigenvalue weighted by Gasteiger charge is 2.22. The Hall–Kier alpha value is -2.77. The van der Waals surface area contributed by atoms with Gasteiger partial charge in [0.25, 0.3) is 5.91 Å². The number of nitrogens with zero attached hydrogens (tertiary/aromatic N) is 4. The lowest BCUT2D eigenvalue weighted by Crippen LogP contribution is -2.32. The molecule has 0 atom stereocenters. The third kappa shape index (κ3) is 4.16. The third-order valence-corrected chi connectivity index (χ3v) is 6.13. The molecule has 2 aromatic heterocycles. The quantitative estimate of drug-likeness (QED) is 0.417. The van der Waals surface area contributed by atoms with Gasteiger partial charge < -0.3 is 4.57 Å². The predicted octanol–water partition coefficient (Wildman–Crippen LogP) is 5.33. The lowest BCUT2D eigenvalue weighted by molar-refractivity contribution is 0.0986. The number of amides is 1. The number of benzene rings is 2. The maximum absolute atomic E-state index is 13.7. The molecule has 0 aliphatic heterocycles.